The van der Waals surface area contributed by atoms with Crippen LogP contribution >= 0.6 is 0 Å². The minimum Gasteiger partial charge on any atom is -0.505 e. The van der Waals surface area contributed by atoms with E-state index in [1.165, 1.54) is 23.3 Å². The average molecular weight is 441 g/mol. The molecule has 1 aromatic carbocycles. The number of phenolic OH excluding ortho intramolecular Hbond substituents is 1. The number of aryl methyl sites for hydroxylation is 1. The van der Waals surface area contributed by atoms with Crippen molar-refractivity contribution in [3.05, 3.63) is 68.6 Å². The number of aromatic nitrogens is 2. The summed E-state index contributed by atoms with van der Waals surface area (Å²) >= 11 is 0. The number of aromatic amines is 1. The van der Waals surface area contributed by atoms with E-state index >= 15 is 0 Å². The number of carbonyl (C=O) groups is 1. The maximum atomic E-state index is 13.1. The number of anilines is 3. The molecule has 1 atom stereocenters. The average Bonchev–Trinajstić information content (AvgIpc) is 3.31. The summed E-state index contributed by atoms with van der Waals surface area (Å²) in [7, 11) is 3.14. The van der Waals surface area contributed by atoms with Gasteiger partial charge in [0.1, 0.15) is 17.1 Å². The Labute approximate surface area is 184 Å². The van der Waals surface area contributed by atoms with Crippen molar-refractivity contribution in [3.8, 4) is 5.75 Å². The lowest BCUT2D eigenvalue weighted by atomic mass is 10.1. The number of phenols is 1. The fourth-order valence-corrected chi connectivity index (χ4v) is 3.29. The highest BCUT2D eigenvalue weighted by molar-refractivity contribution is 5.98. The third kappa shape index (κ3) is 4.39. The number of rotatable bonds is 8. The van der Waals surface area contributed by atoms with Crippen molar-refractivity contribution < 1.29 is 14.3 Å². The molecule has 4 N–H and O–H groups in total. The molecule has 0 bridgehead atoms. The first-order valence-corrected chi connectivity index (χ1v) is 10.3. The molecule has 1 amide bonds. The number of furan rings is 1. The largest absolute Gasteiger partial charge is 0.505 e. The van der Waals surface area contributed by atoms with Crippen LogP contribution in [-0.4, -0.2) is 39.8 Å². The molecule has 10 heteroatoms. The van der Waals surface area contributed by atoms with Gasteiger partial charge in [0.15, 0.2) is 5.75 Å². The molecular formula is C22H27N5O5. The first kappa shape index (κ1) is 22.7. The van der Waals surface area contributed by atoms with E-state index in [1.807, 2.05) is 6.92 Å². The van der Waals surface area contributed by atoms with Gasteiger partial charge in [0.2, 0.25) is 0 Å². The zero-order valence-corrected chi connectivity index (χ0v) is 18.4. The highest BCUT2D eigenvalue weighted by Crippen LogP contribution is 2.32. The van der Waals surface area contributed by atoms with Crippen LogP contribution < -0.4 is 21.8 Å². The van der Waals surface area contributed by atoms with Crippen LogP contribution in [-0.2, 0) is 6.54 Å². The SMILES string of the molecule is CC[C@@H](Nc1c(Nc2cccc(C(=O)N(C)C)c2O)c(=O)n(CC)[nH]c1=O)c1ccco1. The number of para-hydroxylation sites is 1. The topological polar surface area (TPSA) is 133 Å². The van der Waals surface area contributed by atoms with E-state index in [0.717, 1.165) is 4.68 Å². The van der Waals surface area contributed by atoms with E-state index in [9.17, 15) is 19.5 Å². The van der Waals surface area contributed by atoms with Gasteiger partial charge < -0.3 is 25.1 Å². The van der Waals surface area contributed by atoms with Crippen molar-refractivity contribution in [2.75, 3.05) is 24.7 Å². The predicted molar refractivity (Wildman–Crippen MR) is 122 cm³/mol. The van der Waals surface area contributed by atoms with Crippen LogP contribution in [0.15, 0.2) is 50.6 Å². The fraction of sp³-hybridized carbons (Fsp3) is 0.318. The summed E-state index contributed by atoms with van der Waals surface area (Å²) in [5.41, 5.74) is -0.863. The van der Waals surface area contributed by atoms with Gasteiger partial charge in [-0.05, 0) is 37.6 Å². The van der Waals surface area contributed by atoms with Crippen molar-refractivity contribution in [2.45, 2.75) is 32.9 Å². The van der Waals surface area contributed by atoms with Crippen LogP contribution in [0.2, 0.25) is 0 Å². The summed E-state index contributed by atoms with van der Waals surface area (Å²) in [6.45, 7) is 3.88. The number of carbonyl (C=O) groups excluding carboxylic acids is 1. The number of amides is 1. The van der Waals surface area contributed by atoms with Gasteiger partial charge in [-0.3, -0.25) is 19.5 Å². The van der Waals surface area contributed by atoms with Crippen LogP contribution in [0, 0.1) is 0 Å². The molecule has 3 aromatic rings. The number of hydrogen-bond acceptors (Lipinski definition) is 7. The molecule has 32 heavy (non-hydrogen) atoms. The van der Waals surface area contributed by atoms with Crippen LogP contribution in [0.3, 0.4) is 0 Å². The van der Waals surface area contributed by atoms with Gasteiger partial charge in [0.25, 0.3) is 17.0 Å². The van der Waals surface area contributed by atoms with Crippen molar-refractivity contribution in [2.24, 2.45) is 0 Å². The second-order valence-corrected chi connectivity index (χ2v) is 7.39. The summed E-state index contributed by atoms with van der Waals surface area (Å²) in [4.78, 5) is 39.6. The van der Waals surface area contributed by atoms with Gasteiger partial charge in [-0.2, -0.15) is 0 Å². The molecule has 10 nitrogen and oxygen atoms in total. The molecule has 0 aliphatic carbocycles. The molecule has 0 aliphatic rings. The Morgan fingerprint density at radius 3 is 2.53 bits per heavy atom. The van der Waals surface area contributed by atoms with Crippen LogP contribution in [0.5, 0.6) is 5.75 Å². The molecule has 0 fully saturated rings. The van der Waals surface area contributed by atoms with E-state index in [-0.39, 0.29) is 41.0 Å². The molecule has 0 unspecified atom stereocenters. The maximum absolute atomic E-state index is 13.1. The molecule has 0 aliphatic heterocycles. The van der Waals surface area contributed by atoms with Crippen molar-refractivity contribution in [3.63, 3.8) is 0 Å². The Hall–Kier alpha value is -3.95. The van der Waals surface area contributed by atoms with E-state index in [4.69, 9.17) is 4.42 Å². The number of benzene rings is 1. The van der Waals surface area contributed by atoms with E-state index in [1.54, 1.807) is 39.2 Å². The van der Waals surface area contributed by atoms with Gasteiger partial charge in [-0.15, -0.1) is 0 Å². The Morgan fingerprint density at radius 2 is 1.94 bits per heavy atom. The number of hydrogen-bond donors (Lipinski definition) is 4. The lowest BCUT2D eigenvalue weighted by molar-refractivity contribution is 0.0824. The summed E-state index contributed by atoms with van der Waals surface area (Å²) in [5.74, 6) is -0.109. The van der Waals surface area contributed by atoms with E-state index < -0.39 is 17.0 Å². The molecule has 2 aromatic heterocycles. The predicted octanol–water partition coefficient (Wildman–Crippen LogP) is 2.86. The molecular weight excluding hydrogens is 414 g/mol. The fourth-order valence-electron chi connectivity index (χ4n) is 3.29. The van der Waals surface area contributed by atoms with Crippen LogP contribution in [0.4, 0.5) is 17.1 Å². The monoisotopic (exact) mass is 441 g/mol. The van der Waals surface area contributed by atoms with Gasteiger partial charge in [0.05, 0.1) is 23.6 Å². The summed E-state index contributed by atoms with van der Waals surface area (Å²) in [6.07, 6.45) is 2.12. The maximum Gasteiger partial charge on any atom is 0.291 e. The second-order valence-electron chi connectivity index (χ2n) is 7.39. The molecule has 3 rings (SSSR count). The van der Waals surface area contributed by atoms with Crippen LogP contribution in [0.1, 0.15) is 42.4 Å². The summed E-state index contributed by atoms with van der Waals surface area (Å²) in [6, 6.07) is 7.73. The minimum atomic E-state index is -0.515. The standard InChI is InChI=1S/C22H27N5O5/c1-5-14(16-11-8-12-32-16)23-17-18(22(31)27(6-2)25-20(17)29)24-15-10-7-9-13(19(15)28)21(30)26(3)4/h7-12,14,23-24,28H,5-6H2,1-4H3,(H,25,29)/t14-/m1/s1. The molecule has 0 radical (unpaired) electrons. The lowest BCUT2D eigenvalue weighted by Gasteiger charge is -2.20. The quantitative estimate of drug-likeness (QED) is 0.395. The van der Waals surface area contributed by atoms with Crippen LogP contribution in [0.25, 0.3) is 0 Å². The first-order valence-electron chi connectivity index (χ1n) is 10.3. The molecule has 2 heterocycles. The van der Waals surface area contributed by atoms with E-state index in [2.05, 4.69) is 15.7 Å². The zero-order chi connectivity index (χ0) is 23.4. The van der Waals surface area contributed by atoms with Gasteiger partial charge in [0, 0.05) is 20.6 Å². The number of nitrogens with zero attached hydrogens (tertiary/aromatic N) is 2. The second kappa shape index (κ2) is 9.46. The molecule has 0 spiro atoms. The molecule has 170 valence electrons. The summed E-state index contributed by atoms with van der Waals surface area (Å²) in [5, 5.41) is 19.2. The highest BCUT2D eigenvalue weighted by atomic mass is 16.3. The lowest BCUT2D eigenvalue weighted by Crippen LogP contribution is -2.33. The third-order valence-corrected chi connectivity index (χ3v) is 5.03. The number of nitrogens with one attached hydrogen (secondary N) is 3. The molecule has 0 saturated heterocycles. The van der Waals surface area contributed by atoms with Crippen molar-refractivity contribution in [1.82, 2.24) is 14.7 Å². The van der Waals surface area contributed by atoms with Gasteiger partial charge in [-0.1, -0.05) is 13.0 Å². The Morgan fingerprint density at radius 1 is 1.19 bits per heavy atom. The van der Waals surface area contributed by atoms with Crippen molar-refractivity contribution in [1.29, 1.82) is 0 Å². The number of H-pyrrole nitrogens is 1. The van der Waals surface area contributed by atoms with Gasteiger partial charge >= 0.3 is 0 Å². The van der Waals surface area contributed by atoms with Gasteiger partial charge in [-0.25, -0.2) is 4.68 Å². The van der Waals surface area contributed by atoms with E-state index in [0.29, 0.717) is 12.2 Å². The molecule has 0 saturated carbocycles. The minimum absolute atomic E-state index is 0.00619. The number of aromatic hydroxyl groups is 1. The zero-order valence-electron chi connectivity index (χ0n) is 18.4. The highest BCUT2D eigenvalue weighted by Gasteiger charge is 2.22. The van der Waals surface area contributed by atoms with Crippen molar-refractivity contribution >= 4 is 23.0 Å². The third-order valence-electron chi connectivity index (χ3n) is 5.03. The summed E-state index contributed by atoms with van der Waals surface area (Å²) < 4.78 is 6.62. The Kier molecular flexibility index (Phi) is 6.72. The first-order chi connectivity index (χ1) is 15.3. The Bertz CT molecular complexity index is 1210. The Balaban J connectivity index is 2.11. The smallest absolute Gasteiger partial charge is 0.291 e. The normalized spacial score (nSPS) is 11.8.